The molecule has 2 aromatic heterocycles. The Morgan fingerprint density at radius 1 is 1.08 bits per heavy atom. The Morgan fingerprint density at radius 3 is 2.41 bits per heavy atom. The molecule has 0 atom stereocenters. The van der Waals surface area contributed by atoms with Gasteiger partial charge in [0.1, 0.15) is 23.1 Å². The standard InChI is InChI=1S/C30H28ClF2N3O3/c1-17-12-22(31)13-18(2)28(17)36-16-21(4-7-26(36)38)27-29(24-6-5-23(32)14-25(24)33)39-30(34-27)20-8-10-35(11-9-20)15-19(3)37/h4-7,12-14,16,20H,8-11,15H2,1-3H3. The first-order valence-electron chi connectivity index (χ1n) is 12.8. The number of likely N-dealkylation sites (tertiary alicyclic amines) is 1. The average molecular weight is 552 g/mol. The van der Waals surface area contributed by atoms with Gasteiger partial charge in [-0.05, 0) is 88.2 Å². The van der Waals surface area contributed by atoms with Crippen LogP contribution in [0.3, 0.4) is 0 Å². The van der Waals surface area contributed by atoms with E-state index in [0.717, 1.165) is 30.0 Å². The van der Waals surface area contributed by atoms with Crippen molar-refractivity contribution in [2.24, 2.45) is 0 Å². The van der Waals surface area contributed by atoms with Gasteiger partial charge in [0, 0.05) is 34.8 Å². The zero-order valence-electron chi connectivity index (χ0n) is 21.9. The van der Waals surface area contributed by atoms with E-state index in [1.165, 1.54) is 22.8 Å². The third-order valence-corrected chi connectivity index (χ3v) is 7.30. The van der Waals surface area contributed by atoms with Crippen molar-refractivity contribution in [2.75, 3.05) is 19.6 Å². The molecule has 6 nitrogen and oxygen atoms in total. The third kappa shape index (κ3) is 5.58. The summed E-state index contributed by atoms with van der Waals surface area (Å²) in [6.07, 6.45) is 3.11. The number of oxazole rings is 1. The van der Waals surface area contributed by atoms with Gasteiger partial charge in [0.15, 0.2) is 11.7 Å². The fourth-order valence-electron chi connectivity index (χ4n) is 5.30. The van der Waals surface area contributed by atoms with Crippen molar-refractivity contribution >= 4 is 17.4 Å². The number of carbonyl (C=O) groups is 1. The maximum absolute atomic E-state index is 15.0. The van der Waals surface area contributed by atoms with Gasteiger partial charge in [-0.2, -0.15) is 0 Å². The molecule has 39 heavy (non-hydrogen) atoms. The number of rotatable bonds is 6. The number of halogens is 3. The molecule has 1 saturated heterocycles. The van der Waals surface area contributed by atoms with Crippen molar-refractivity contribution in [2.45, 2.75) is 39.5 Å². The molecule has 0 aliphatic carbocycles. The molecule has 0 spiro atoms. The number of benzene rings is 2. The van der Waals surface area contributed by atoms with Crippen molar-refractivity contribution in [1.82, 2.24) is 14.5 Å². The quantitative estimate of drug-likeness (QED) is 0.274. The summed E-state index contributed by atoms with van der Waals surface area (Å²) in [6.45, 7) is 7.14. The van der Waals surface area contributed by atoms with E-state index in [4.69, 9.17) is 21.0 Å². The molecule has 0 radical (unpaired) electrons. The largest absolute Gasteiger partial charge is 0.440 e. The number of hydrogen-bond donors (Lipinski definition) is 0. The Kier molecular flexibility index (Phi) is 7.51. The normalized spacial score (nSPS) is 14.6. The van der Waals surface area contributed by atoms with Gasteiger partial charge in [0.05, 0.1) is 17.8 Å². The molecule has 0 unspecified atom stereocenters. The van der Waals surface area contributed by atoms with E-state index in [-0.39, 0.29) is 28.6 Å². The summed E-state index contributed by atoms with van der Waals surface area (Å²) < 4.78 is 36.4. The van der Waals surface area contributed by atoms with Crippen LogP contribution in [0.1, 0.15) is 42.7 Å². The molecule has 1 aliphatic rings. The second-order valence-corrected chi connectivity index (χ2v) is 10.6. The van der Waals surface area contributed by atoms with Crippen LogP contribution in [-0.4, -0.2) is 39.9 Å². The van der Waals surface area contributed by atoms with Crippen LogP contribution in [-0.2, 0) is 4.79 Å². The first-order valence-corrected chi connectivity index (χ1v) is 13.2. The summed E-state index contributed by atoms with van der Waals surface area (Å²) in [7, 11) is 0. The molecule has 1 fully saturated rings. The predicted octanol–water partition coefficient (Wildman–Crippen LogP) is 6.48. The van der Waals surface area contributed by atoms with Crippen LogP contribution in [0.5, 0.6) is 0 Å². The van der Waals surface area contributed by atoms with E-state index in [2.05, 4.69) is 4.90 Å². The zero-order valence-corrected chi connectivity index (χ0v) is 22.7. The fourth-order valence-corrected chi connectivity index (χ4v) is 5.63. The molecule has 9 heteroatoms. The van der Waals surface area contributed by atoms with Crippen LogP contribution >= 0.6 is 11.6 Å². The highest BCUT2D eigenvalue weighted by Gasteiger charge is 2.28. The smallest absolute Gasteiger partial charge is 0.255 e. The summed E-state index contributed by atoms with van der Waals surface area (Å²) in [5, 5.41) is 0.572. The number of Topliss-reactive ketones (excluding diaryl/α,β-unsaturated/α-hetero) is 1. The van der Waals surface area contributed by atoms with Crippen LogP contribution in [0, 0.1) is 25.5 Å². The van der Waals surface area contributed by atoms with Gasteiger partial charge in [-0.15, -0.1) is 0 Å². The lowest BCUT2D eigenvalue weighted by molar-refractivity contribution is -0.118. The molecule has 0 N–H and O–H groups in total. The van der Waals surface area contributed by atoms with E-state index in [0.29, 0.717) is 47.5 Å². The maximum atomic E-state index is 15.0. The monoisotopic (exact) mass is 551 g/mol. The first kappa shape index (κ1) is 27.0. The van der Waals surface area contributed by atoms with Gasteiger partial charge < -0.3 is 4.42 Å². The molecular weight excluding hydrogens is 524 g/mol. The minimum Gasteiger partial charge on any atom is -0.440 e. The van der Waals surface area contributed by atoms with Gasteiger partial charge in [-0.25, -0.2) is 13.8 Å². The van der Waals surface area contributed by atoms with Crippen molar-refractivity contribution in [1.29, 1.82) is 0 Å². The fraction of sp³-hybridized carbons (Fsp3) is 0.300. The molecule has 5 rings (SSSR count). The summed E-state index contributed by atoms with van der Waals surface area (Å²) >= 11 is 6.21. The Hall–Kier alpha value is -3.62. The molecule has 0 amide bonds. The van der Waals surface area contributed by atoms with Crippen molar-refractivity contribution in [3.8, 4) is 28.3 Å². The van der Waals surface area contributed by atoms with Crippen LogP contribution in [0.25, 0.3) is 28.3 Å². The van der Waals surface area contributed by atoms with Crippen LogP contribution in [0.4, 0.5) is 8.78 Å². The summed E-state index contributed by atoms with van der Waals surface area (Å²) in [4.78, 5) is 31.4. The Morgan fingerprint density at radius 2 is 1.77 bits per heavy atom. The van der Waals surface area contributed by atoms with Crippen LogP contribution in [0.2, 0.25) is 5.02 Å². The lowest BCUT2D eigenvalue weighted by Crippen LogP contribution is -2.36. The lowest BCUT2D eigenvalue weighted by Gasteiger charge is -2.29. The van der Waals surface area contributed by atoms with Crippen LogP contribution < -0.4 is 5.56 Å². The average Bonchev–Trinajstić information content (AvgIpc) is 3.30. The summed E-state index contributed by atoms with van der Waals surface area (Å²) in [6, 6.07) is 9.94. The first-order chi connectivity index (χ1) is 18.6. The number of aromatic nitrogens is 2. The van der Waals surface area contributed by atoms with Crippen molar-refractivity contribution in [3.63, 3.8) is 0 Å². The molecule has 0 bridgehead atoms. The van der Waals surface area contributed by atoms with Crippen molar-refractivity contribution in [3.05, 3.63) is 92.7 Å². The van der Waals surface area contributed by atoms with Crippen LogP contribution in [0.15, 0.2) is 57.9 Å². The number of nitrogens with zero attached hydrogens (tertiary/aromatic N) is 3. The SMILES string of the molecule is CC(=O)CN1CCC(c2nc(-c3ccc(=O)n(-c4c(C)cc(Cl)cc4C)c3)c(-c3ccc(F)cc3F)o2)CC1. The molecular formula is C30H28ClF2N3O3. The minimum atomic E-state index is -0.770. The van der Waals surface area contributed by atoms with Crippen molar-refractivity contribution < 1.29 is 18.0 Å². The second-order valence-electron chi connectivity index (χ2n) is 10.1. The number of aryl methyl sites for hydroxylation is 2. The molecule has 202 valence electrons. The lowest BCUT2D eigenvalue weighted by atomic mass is 9.96. The number of piperidine rings is 1. The molecule has 3 heterocycles. The van der Waals surface area contributed by atoms with Gasteiger partial charge in [0.2, 0.25) is 0 Å². The Labute approximate surface area is 229 Å². The predicted molar refractivity (Wildman–Crippen MR) is 146 cm³/mol. The summed E-state index contributed by atoms with van der Waals surface area (Å²) in [5.41, 5.74) is 3.08. The molecule has 2 aromatic carbocycles. The third-order valence-electron chi connectivity index (χ3n) is 7.08. The zero-order chi connectivity index (χ0) is 27.8. The topological polar surface area (TPSA) is 68.3 Å². The number of ketones is 1. The second kappa shape index (κ2) is 10.9. The number of carbonyl (C=O) groups excluding carboxylic acids is 1. The summed E-state index contributed by atoms with van der Waals surface area (Å²) in [5.74, 6) is -0.769. The molecule has 1 aliphatic heterocycles. The Balaban J connectivity index is 1.61. The minimum absolute atomic E-state index is 0.0316. The number of hydrogen-bond acceptors (Lipinski definition) is 5. The van der Waals surface area contributed by atoms with Gasteiger partial charge >= 0.3 is 0 Å². The molecule has 4 aromatic rings. The van der Waals surface area contributed by atoms with Gasteiger partial charge in [0.25, 0.3) is 5.56 Å². The van der Waals surface area contributed by atoms with E-state index in [1.54, 1.807) is 31.3 Å². The van der Waals surface area contributed by atoms with Gasteiger partial charge in [-0.3, -0.25) is 19.1 Å². The maximum Gasteiger partial charge on any atom is 0.255 e. The van der Waals surface area contributed by atoms with E-state index >= 15 is 0 Å². The van der Waals surface area contributed by atoms with E-state index in [9.17, 15) is 18.4 Å². The highest BCUT2D eigenvalue weighted by molar-refractivity contribution is 6.30. The highest BCUT2D eigenvalue weighted by Crippen LogP contribution is 2.38. The van der Waals surface area contributed by atoms with Gasteiger partial charge in [-0.1, -0.05) is 11.6 Å². The Bertz CT molecular complexity index is 1600. The number of pyridine rings is 1. The highest BCUT2D eigenvalue weighted by atomic mass is 35.5. The van der Waals surface area contributed by atoms with E-state index < -0.39 is 11.6 Å². The molecule has 0 saturated carbocycles. The van der Waals surface area contributed by atoms with E-state index in [1.807, 2.05) is 13.8 Å².